The molecule has 4 heteroatoms. The Morgan fingerprint density at radius 2 is 2.38 bits per heavy atom. The Kier molecular flexibility index (Phi) is 3.96. The molecule has 4 N–H and O–H groups in total. The van der Waals surface area contributed by atoms with Gasteiger partial charge in [0.05, 0.1) is 6.04 Å². The molecule has 0 aliphatic heterocycles. The Morgan fingerprint density at radius 1 is 1.56 bits per heavy atom. The Bertz CT molecular complexity index is 296. The Balaban J connectivity index is 2.13. The minimum atomic E-state index is 0.181. The van der Waals surface area contributed by atoms with Gasteiger partial charge in [-0.25, -0.2) is 10.4 Å². The molecule has 1 heterocycles. The first-order valence-electron chi connectivity index (χ1n) is 6.32. The standard InChI is InChI=1S/C12H22N4/c1-2-9-5-3-4-6-10(9)11(16-13)12-14-7-8-15-12/h7-11,16H,2-6,13H2,1H3,(H,14,15). The first-order chi connectivity index (χ1) is 7.86. The Labute approximate surface area is 97.0 Å². The second-order valence-electron chi connectivity index (χ2n) is 4.74. The van der Waals surface area contributed by atoms with E-state index < -0.39 is 0 Å². The number of rotatable bonds is 4. The fourth-order valence-electron chi connectivity index (χ4n) is 3.03. The molecule has 2 rings (SSSR count). The summed E-state index contributed by atoms with van der Waals surface area (Å²) in [6.45, 7) is 2.28. The van der Waals surface area contributed by atoms with Gasteiger partial charge in [0, 0.05) is 12.4 Å². The van der Waals surface area contributed by atoms with Gasteiger partial charge in [-0.1, -0.05) is 32.6 Å². The van der Waals surface area contributed by atoms with E-state index in [9.17, 15) is 0 Å². The summed E-state index contributed by atoms with van der Waals surface area (Å²) in [5, 5.41) is 0. The summed E-state index contributed by atoms with van der Waals surface area (Å²) in [5.74, 6) is 8.08. The molecule has 4 nitrogen and oxygen atoms in total. The van der Waals surface area contributed by atoms with Crippen LogP contribution in [0.4, 0.5) is 0 Å². The molecule has 1 saturated carbocycles. The van der Waals surface area contributed by atoms with Crippen molar-refractivity contribution in [1.29, 1.82) is 0 Å². The van der Waals surface area contributed by atoms with Crippen molar-refractivity contribution >= 4 is 0 Å². The maximum atomic E-state index is 5.70. The highest BCUT2D eigenvalue weighted by Crippen LogP contribution is 2.38. The molecule has 3 unspecified atom stereocenters. The third-order valence-electron chi connectivity index (χ3n) is 3.91. The number of hydrogen-bond donors (Lipinski definition) is 3. The monoisotopic (exact) mass is 222 g/mol. The lowest BCUT2D eigenvalue weighted by Gasteiger charge is -2.35. The first kappa shape index (κ1) is 11.6. The molecule has 1 aromatic rings. The van der Waals surface area contributed by atoms with Crippen molar-refractivity contribution in [1.82, 2.24) is 15.4 Å². The summed E-state index contributed by atoms with van der Waals surface area (Å²) in [5.41, 5.74) is 2.94. The van der Waals surface area contributed by atoms with E-state index in [1.807, 2.05) is 6.20 Å². The second kappa shape index (κ2) is 5.46. The fraction of sp³-hybridized carbons (Fsp3) is 0.750. The molecule has 0 radical (unpaired) electrons. The van der Waals surface area contributed by atoms with Crippen LogP contribution in [-0.4, -0.2) is 9.97 Å². The molecule has 3 atom stereocenters. The number of aromatic amines is 1. The minimum absolute atomic E-state index is 0.181. The number of nitrogens with one attached hydrogen (secondary N) is 2. The van der Waals surface area contributed by atoms with Gasteiger partial charge in [0.15, 0.2) is 0 Å². The summed E-state index contributed by atoms with van der Waals surface area (Å²) in [6.07, 6.45) is 10.2. The van der Waals surface area contributed by atoms with E-state index in [0.29, 0.717) is 5.92 Å². The van der Waals surface area contributed by atoms with Gasteiger partial charge in [-0.3, -0.25) is 5.84 Å². The SMILES string of the molecule is CCC1CCCCC1C(NN)c1ncc[nH]1. The van der Waals surface area contributed by atoms with Crippen LogP contribution in [0.3, 0.4) is 0 Å². The normalized spacial score (nSPS) is 27.9. The van der Waals surface area contributed by atoms with Crippen LogP contribution >= 0.6 is 0 Å². The summed E-state index contributed by atoms with van der Waals surface area (Å²) in [7, 11) is 0. The zero-order valence-corrected chi connectivity index (χ0v) is 9.95. The van der Waals surface area contributed by atoms with Crippen LogP contribution in [0.15, 0.2) is 12.4 Å². The number of H-pyrrole nitrogens is 1. The summed E-state index contributed by atoms with van der Waals surface area (Å²) < 4.78 is 0. The fourth-order valence-corrected chi connectivity index (χ4v) is 3.03. The molecule has 0 saturated heterocycles. The topological polar surface area (TPSA) is 66.7 Å². The van der Waals surface area contributed by atoms with E-state index in [-0.39, 0.29) is 6.04 Å². The van der Waals surface area contributed by atoms with Crippen LogP contribution in [0.1, 0.15) is 50.9 Å². The molecule has 1 aromatic heterocycles. The largest absolute Gasteiger partial charge is 0.347 e. The van der Waals surface area contributed by atoms with Gasteiger partial charge >= 0.3 is 0 Å². The highest BCUT2D eigenvalue weighted by atomic mass is 15.3. The van der Waals surface area contributed by atoms with Gasteiger partial charge in [-0.15, -0.1) is 0 Å². The smallest absolute Gasteiger partial charge is 0.124 e. The lowest BCUT2D eigenvalue weighted by Crippen LogP contribution is -2.38. The third kappa shape index (κ3) is 2.28. The average molecular weight is 222 g/mol. The molecule has 16 heavy (non-hydrogen) atoms. The minimum Gasteiger partial charge on any atom is -0.347 e. The van der Waals surface area contributed by atoms with Crippen LogP contribution in [-0.2, 0) is 0 Å². The number of nitrogens with two attached hydrogens (primary N) is 1. The van der Waals surface area contributed by atoms with Crippen molar-refractivity contribution in [2.24, 2.45) is 17.7 Å². The van der Waals surface area contributed by atoms with Crippen molar-refractivity contribution in [2.75, 3.05) is 0 Å². The van der Waals surface area contributed by atoms with Crippen molar-refractivity contribution in [3.05, 3.63) is 18.2 Å². The van der Waals surface area contributed by atoms with Gasteiger partial charge in [-0.2, -0.15) is 0 Å². The zero-order chi connectivity index (χ0) is 11.4. The van der Waals surface area contributed by atoms with Gasteiger partial charge in [0.1, 0.15) is 5.82 Å². The number of nitrogens with zero attached hydrogens (tertiary/aromatic N) is 1. The summed E-state index contributed by atoms with van der Waals surface area (Å²) >= 11 is 0. The molecule has 0 bridgehead atoms. The van der Waals surface area contributed by atoms with Crippen molar-refractivity contribution in [3.8, 4) is 0 Å². The van der Waals surface area contributed by atoms with Crippen LogP contribution in [0.5, 0.6) is 0 Å². The number of hydrogen-bond acceptors (Lipinski definition) is 3. The predicted molar refractivity (Wildman–Crippen MR) is 64.4 cm³/mol. The maximum absolute atomic E-state index is 5.70. The Hall–Kier alpha value is -0.870. The molecule has 0 spiro atoms. The number of aromatic nitrogens is 2. The molecule has 1 aliphatic rings. The summed E-state index contributed by atoms with van der Waals surface area (Å²) in [6, 6.07) is 0.181. The molecular formula is C12H22N4. The highest BCUT2D eigenvalue weighted by molar-refractivity contribution is 4.99. The third-order valence-corrected chi connectivity index (χ3v) is 3.91. The van der Waals surface area contributed by atoms with Crippen molar-refractivity contribution in [3.63, 3.8) is 0 Å². The van der Waals surface area contributed by atoms with E-state index in [1.165, 1.54) is 32.1 Å². The predicted octanol–water partition coefficient (Wildman–Crippen LogP) is 2.13. The van der Waals surface area contributed by atoms with Crippen LogP contribution < -0.4 is 11.3 Å². The van der Waals surface area contributed by atoms with Crippen molar-refractivity contribution < 1.29 is 0 Å². The van der Waals surface area contributed by atoms with E-state index >= 15 is 0 Å². The lowest BCUT2D eigenvalue weighted by atomic mass is 9.74. The maximum Gasteiger partial charge on any atom is 0.124 e. The van der Waals surface area contributed by atoms with E-state index in [2.05, 4.69) is 22.3 Å². The van der Waals surface area contributed by atoms with Gasteiger partial charge in [-0.05, 0) is 18.3 Å². The first-order valence-corrected chi connectivity index (χ1v) is 6.32. The van der Waals surface area contributed by atoms with E-state index in [0.717, 1.165) is 11.7 Å². The highest BCUT2D eigenvalue weighted by Gasteiger charge is 2.32. The van der Waals surface area contributed by atoms with Crippen molar-refractivity contribution in [2.45, 2.75) is 45.1 Å². The summed E-state index contributed by atoms with van der Waals surface area (Å²) in [4.78, 5) is 7.51. The van der Waals surface area contributed by atoms with Crippen LogP contribution in [0.25, 0.3) is 0 Å². The lowest BCUT2D eigenvalue weighted by molar-refractivity contribution is 0.171. The number of imidazole rings is 1. The average Bonchev–Trinajstić information content (AvgIpc) is 2.84. The van der Waals surface area contributed by atoms with Gasteiger partial charge < -0.3 is 4.98 Å². The molecule has 1 fully saturated rings. The van der Waals surface area contributed by atoms with E-state index in [4.69, 9.17) is 5.84 Å². The Morgan fingerprint density at radius 3 is 3.00 bits per heavy atom. The van der Waals surface area contributed by atoms with Gasteiger partial charge in [0.25, 0.3) is 0 Å². The van der Waals surface area contributed by atoms with Crippen LogP contribution in [0.2, 0.25) is 0 Å². The number of hydrazine groups is 1. The molecule has 90 valence electrons. The molecule has 0 amide bonds. The van der Waals surface area contributed by atoms with E-state index in [1.54, 1.807) is 6.20 Å². The van der Waals surface area contributed by atoms with Gasteiger partial charge in [0.2, 0.25) is 0 Å². The molecule has 0 aromatic carbocycles. The van der Waals surface area contributed by atoms with Crippen LogP contribution in [0, 0.1) is 11.8 Å². The quantitative estimate of drug-likeness (QED) is 0.540. The molecule has 1 aliphatic carbocycles. The second-order valence-corrected chi connectivity index (χ2v) is 4.74. The zero-order valence-electron chi connectivity index (χ0n) is 9.95. The molecular weight excluding hydrogens is 200 g/mol.